The number of rotatable bonds is 4. The Morgan fingerprint density at radius 3 is 2.29 bits per heavy atom. The first-order valence-electron chi connectivity index (χ1n) is 8.76. The highest BCUT2D eigenvalue weighted by Crippen LogP contribution is 2.26. The molecule has 0 aliphatic carbocycles. The second-order valence-corrected chi connectivity index (χ2v) is 6.29. The number of para-hydroxylation sites is 1. The highest BCUT2D eigenvalue weighted by molar-refractivity contribution is 6.11. The number of aromatic hydroxyl groups is 1. The fourth-order valence-electron chi connectivity index (χ4n) is 3.00. The Morgan fingerprint density at radius 2 is 1.54 bits per heavy atom. The van der Waals surface area contributed by atoms with Crippen LogP contribution in [0.25, 0.3) is 28.4 Å². The third-order valence-corrected chi connectivity index (χ3v) is 4.40. The largest absolute Gasteiger partial charge is 0.508 e. The first kappa shape index (κ1) is 17.5. The standard InChI is InChI=1S/C24H16O4/c25-18-13-10-16(11-14-18)12-15-20(26)22-23(27)19-8-4-5-9-21(19)28-24(22)17-6-2-1-3-7-17/h1-15,25H/b15-12+. The van der Waals surface area contributed by atoms with E-state index in [0.29, 0.717) is 16.5 Å². The Labute approximate surface area is 161 Å². The summed E-state index contributed by atoms with van der Waals surface area (Å²) in [5.74, 6) is -0.0406. The summed E-state index contributed by atoms with van der Waals surface area (Å²) in [6.07, 6.45) is 2.95. The molecule has 4 aromatic rings. The van der Waals surface area contributed by atoms with Gasteiger partial charge >= 0.3 is 0 Å². The van der Waals surface area contributed by atoms with Gasteiger partial charge in [0.1, 0.15) is 22.7 Å². The average molecular weight is 368 g/mol. The molecule has 0 spiro atoms. The molecule has 136 valence electrons. The van der Waals surface area contributed by atoms with Gasteiger partial charge in [0.25, 0.3) is 0 Å². The number of fused-ring (bicyclic) bond motifs is 1. The summed E-state index contributed by atoms with van der Waals surface area (Å²) >= 11 is 0. The smallest absolute Gasteiger partial charge is 0.204 e. The molecule has 0 amide bonds. The molecule has 1 heterocycles. The van der Waals surface area contributed by atoms with Gasteiger partial charge in [0.2, 0.25) is 5.43 Å². The lowest BCUT2D eigenvalue weighted by Gasteiger charge is -2.08. The molecule has 0 saturated heterocycles. The van der Waals surface area contributed by atoms with Crippen LogP contribution in [0.1, 0.15) is 15.9 Å². The fourth-order valence-corrected chi connectivity index (χ4v) is 3.00. The van der Waals surface area contributed by atoms with E-state index in [-0.39, 0.29) is 22.5 Å². The van der Waals surface area contributed by atoms with Gasteiger partial charge in [0, 0.05) is 5.56 Å². The molecule has 0 fully saturated rings. The summed E-state index contributed by atoms with van der Waals surface area (Å²) in [6.45, 7) is 0. The molecule has 0 atom stereocenters. The van der Waals surface area contributed by atoms with E-state index in [0.717, 1.165) is 5.56 Å². The van der Waals surface area contributed by atoms with Crippen molar-refractivity contribution in [1.82, 2.24) is 0 Å². The maximum atomic E-state index is 13.1. The minimum Gasteiger partial charge on any atom is -0.508 e. The van der Waals surface area contributed by atoms with Crippen LogP contribution in [0.4, 0.5) is 0 Å². The predicted molar refractivity (Wildman–Crippen MR) is 109 cm³/mol. The monoisotopic (exact) mass is 368 g/mol. The Hall–Kier alpha value is -3.92. The molecule has 0 aliphatic heterocycles. The van der Waals surface area contributed by atoms with Crippen molar-refractivity contribution in [3.8, 4) is 17.1 Å². The van der Waals surface area contributed by atoms with Crippen LogP contribution in [0.3, 0.4) is 0 Å². The summed E-state index contributed by atoms with van der Waals surface area (Å²) < 4.78 is 5.96. The Balaban J connectivity index is 1.86. The molecule has 1 N–H and O–H groups in total. The number of allylic oxidation sites excluding steroid dienone is 1. The van der Waals surface area contributed by atoms with Crippen molar-refractivity contribution >= 4 is 22.8 Å². The van der Waals surface area contributed by atoms with Crippen LogP contribution in [0, 0.1) is 0 Å². The van der Waals surface area contributed by atoms with Crippen LogP contribution in [0.2, 0.25) is 0 Å². The predicted octanol–water partition coefficient (Wildman–Crippen LogP) is 5.06. The van der Waals surface area contributed by atoms with Crippen molar-refractivity contribution in [3.05, 3.63) is 106 Å². The number of ketones is 1. The molecular weight excluding hydrogens is 352 g/mol. The van der Waals surface area contributed by atoms with Crippen LogP contribution < -0.4 is 5.43 Å². The van der Waals surface area contributed by atoms with Crippen molar-refractivity contribution in [3.63, 3.8) is 0 Å². The SMILES string of the molecule is O=C(/C=C/c1ccc(O)cc1)c1c(-c2ccccc2)oc2ccccc2c1=O. The zero-order valence-corrected chi connectivity index (χ0v) is 14.8. The van der Waals surface area contributed by atoms with Gasteiger partial charge in [0.15, 0.2) is 5.78 Å². The van der Waals surface area contributed by atoms with E-state index in [1.165, 1.54) is 18.2 Å². The summed E-state index contributed by atoms with van der Waals surface area (Å²) in [7, 11) is 0. The van der Waals surface area contributed by atoms with Gasteiger partial charge < -0.3 is 9.52 Å². The van der Waals surface area contributed by atoms with Gasteiger partial charge in [-0.1, -0.05) is 60.7 Å². The maximum absolute atomic E-state index is 13.1. The molecule has 4 nitrogen and oxygen atoms in total. The van der Waals surface area contributed by atoms with Crippen LogP contribution >= 0.6 is 0 Å². The van der Waals surface area contributed by atoms with E-state index >= 15 is 0 Å². The molecule has 4 heteroatoms. The molecule has 28 heavy (non-hydrogen) atoms. The van der Waals surface area contributed by atoms with Crippen LogP contribution in [-0.2, 0) is 0 Å². The minimum atomic E-state index is -0.438. The van der Waals surface area contributed by atoms with Crippen LogP contribution in [0.15, 0.2) is 94.2 Å². The van der Waals surface area contributed by atoms with Crippen LogP contribution in [-0.4, -0.2) is 10.9 Å². The number of carbonyl (C=O) groups is 1. The van der Waals surface area contributed by atoms with E-state index in [1.54, 1.807) is 54.6 Å². The molecule has 0 radical (unpaired) electrons. The molecule has 0 unspecified atom stereocenters. The second kappa shape index (κ2) is 7.37. The molecule has 0 saturated carbocycles. The first-order chi connectivity index (χ1) is 13.6. The van der Waals surface area contributed by atoms with E-state index in [1.807, 2.05) is 18.2 Å². The number of phenols is 1. The minimum absolute atomic E-state index is 0.0000663. The highest BCUT2D eigenvalue weighted by Gasteiger charge is 2.20. The summed E-state index contributed by atoms with van der Waals surface area (Å²) in [6, 6.07) is 22.4. The Bertz CT molecular complexity index is 1230. The average Bonchev–Trinajstić information content (AvgIpc) is 2.74. The van der Waals surface area contributed by atoms with Gasteiger partial charge in [-0.15, -0.1) is 0 Å². The zero-order chi connectivity index (χ0) is 19.5. The van der Waals surface area contributed by atoms with E-state index in [4.69, 9.17) is 4.42 Å². The summed E-state index contributed by atoms with van der Waals surface area (Å²) in [4.78, 5) is 26.0. The second-order valence-electron chi connectivity index (χ2n) is 6.29. The van der Waals surface area contributed by atoms with E-state index in [2.05, 4.69) is 0 Å². The zero-order valence-electron chi connectivity index (χ0n) is 14.8. The lowest BCUT2D eigenvalue weighted by molar-refractivity contribution is 0.104. The lowest BCUT2D eigenvalue weighted by Crippen LogP contribution is -2.15. The first-order valence-corrected chi connectivity index (χ1v) is 8.76. The van der Waals surface area contributed by atoms with Gasteiger partial charge in [-0.05, 0) is 35.9 Å². The number of hydrogen-bond donors (Lipinski definition) is 1. The molecular formula is C24H16O4. The molecule has 0 bridgehead atoms. The van der Waals surface area contributed by atoms with Crippen molar-refractivity contribution in [2.45, 2.75) is 0 Å². The van der Waals surface area contributed by atoms with Crippen molar-refractivity contribution in [1.29, 1.82) is 0 Å². The van der Waals surface area contributed by atoms with Crippen molar-refractivity contribution in [2.75, 3.05) is 0 Å². The van der Waals surface area contributed by atoms with Crippen molar-refractivity contribution < 1.29 is 14.3 Å². The number of phenolic OH excluding ortho intramolecular Hbond substituents is 1. The number of carbonyl (C=O) groups excluding carboxylic acids is 1. The van der Waals surface area contributed by atoms with E-state index in [9.17, 15) is 14.7 Å². The van der Waals surface area contributed by atoms with Crippen LogP contribution in [0.5, 0.6) is 5.75 Å². The molecule has 3 aromatic carbocycles. The van der Waals surface area contributed by atoms with Gasteiger partial charge in [0.05, 0.1) is 5.39 Å². The van der Waals surface area contributed by atoms with Gasteiger partial charge in [-0.25, -0.2) is 0 Å². The third-order valence-electron chi connectivity index (χ3n) is 4.40. The topological polar surface area (TPSA) is 67.5 Å². The lowest BCUT2D eigenvalue weighted by atomic mass is 10.0. The van der Waals surface area contributed by atoms with Gasteiger partial charge in [-0.2, -0.15) is 0 Å². The Morgan fingerprint density at radius 1 is 0.857 bits per heavy atom. The number of benzene rings is 3. The summed E-state index contributed by atoms with van der Waals surface area (Å²) in [5.41, 5.74) is 1.47. The molecule has 0 aliphatic rings. The van der Waals surface area contributed by atoms with E-state index < -0.39 is 5.78 Å². The van der Waals surface area contributed by atoms with Crippen molar-refractivity contribution in [2.24, 2.45) is 0 Å². The quantitative estimate of drug-likeness (QED) is 0.404. The highest BCUT2D eigenvalue weighted by atomic mass is 16.3. The van der Waals surface area contributed by atoms with Gasteiger partial charge in [-0.3, -0.25) is 9.59 Å². The Kier molecular flexibility index (Phi) is 4.60. The maximum Gasteiger partial charge on any atom is 0.204 e. The summed E-state index contributed by atoms with van der Waals surface area (Å²) in [5, 5.41) is 9.73. The molecule has 4 rings (SSSR count). The molecule has 1 aromatic heterocycles. The normalized spacial score (nSPS) is 11.1. The third kappa shape index (κ3) is 3.35. The fraction of sp³-hybridized carbons (Fsp3) is 0. The number of hydrogen-bond acceptors (Lipinski definition) is 4.